The van der Waals surface area contributed by atoms with Gasteiger partial charge in [0, 0.05) is 12.5 Å². The van der Waals surface area contributed by atoms with Crippen molar-refractivity contribution in [3.8, 4) is 0 Å². The summed E-state index contributed by atoms with van der Waals surface area (Å²) in [6.07, 6.45) is -0.575. The average molecular weight is 389 g/mol. The van der Waals surface area contributed by atoms with Crippen LogP contribution in [0.25, 0.3) is 5.57 Å². The molecule has 0 aliphatic heterocycles. The number of esters is 2. The zero-order valence-corrected chi connectivity index (χ0v) is 17.0. The monoisotopic (exact) mass is 389 g/mol. The van der Waals surface area contributed by atoms with E-state index >= 15 is 0 Å². The van der Waals surface area contributed by atoms with Gasteiger partial charge in [-0.25, -0.2) is 9.59 Å². The molecule has 1 aromatic rings. The third-order valence-electron chi connectivity index (χ3n) is 4.24. The van der Waals surface area contributed by atoms with E-state index in [0.29, 0.717) is 11.1 Å². The van der Waals surface area contributed by atoms with Crippen molar-refractivity contribution in [2.45, 2.75) is 45.6 Å². The molecule has 1 unspecified atom stereocenters. The van der Waals surface area contributed by atoms with Gasteiger partial charge in [0.05, 0.1) is 25.7 Å². The number of rotatable bonds is 6. The molecule has 0 saturated carbocycles. The summed E-state index contributed by atoms with van der Waals surface area (Å²) in [7, 11) is 1.31. The second-order valence-corrected chi connectivity index (χ2v) is 7.39. The van der Waals surface area contributed by atoms with Crippen molar-refractivity contribution in [2.24, 2.45) is 0 Å². The quantitative estimate of drug-likeness (QED) is 0.594. The molecule has 152 valence electrons. The Morgan fingerprint density at radius 3 is 2.43 bits per heavy atom. The Labute approximate surface area is 165 Å². The van der Waals surface area contributed by atoms with Gasteiger partial charge in [0.2, 0.25) is 0 Å². The number of methoxy groups -OCH3 is 1. The molecule has 0 saturated heterocycles. The minimum Gasteiger partial charge on any atom is -0.469 e. The van der Waals surface area contributed by atoms with Gasteiger partial charge < -0.3 is 19.5 Å². The summed E-state index contributed by atoms with van der Waals surface area (Å²) in [6.45, 7) is 7.32. The molecule has 28 heavy (non-hydrogen) atoms. The van der Waals surface area contributed by atoms with Gasteiger partial charge in [-0.1, -0.05) is 24.3 Å². The molecular formula is C21H27NO6. The number of hydrogen-bond acceptors (Lipinski definition) is 6. The van der Waals surface area contributed by atoms with Crippen molar-refractivity contribution in [1.29, 1.82) is 0 Å². The van der Waals surface area contributed by atoms with E-state index in [2.05, 4.69) is 5.32 Å². The van der Waals surface area contributed by atoms with Crippen molar-refractivity contribution in [3.63, 3.8) is 0 Å². The van der Waals surface area contributed by atoms with Gasteiger partial charge in [0.25, 0.3) is 0 Å². The van der Waals surface area contributed by atoms with Gasteiger partial charge >= 0.3 is 18.0 Å². The Hall–Kier alpha value is -2.83. The Morgan fingerprint density at radius 2 is 1.82 bits per heavy atom. The second-order valence-electron chi connectivity index (χ2n) is 7.39. The summed E-state index contributed by atoms with van der Waals surface area (Å²) < 4.78 is 15.3. The summed E-state index contributed by atoms with van der Waals surface area (Å²) in [5, 5.41) is 2.69. The lowest BCUT2D eigenvalue weighted by atomic mass is 9.92. The Balaban J connectivity index is 2.40. The number of hydrogen-bond donors (Lipinski definition) is 1. The van der Waals surface area contributed by atoms with Crippen LogP contribution in [0, 0.1) is 0 Å². The van der Waals surface area contributed by atoms with Crippen molar-refractivity contribution in [2.75, 3.05) is 20.3 Å². The predicted molar refractivity (Wildman–Crippen MR) is 104 cm³/mol. The van der Waals surface area contributed by atoms with Gasteiger partial charge in [-0.05, 0) is 44.4 Å². The lowest BCUT2D eigenvalue weighted by Gasteiger charge is -2.20. The first-order chi connectivity index (χ1) is 13.2. The van der Waals surface area contributed by atoms with Crippen LogP contribution in [0.5, 0.6) is 0 Å². The van der Waals surface area contributed by atoms with Crippen molar-refractivity contribution < 1.29 is 28.6 Å². The number of carbonyl (C=O) groups excluding carboxylic acids is 3. The molecule has 1 atom stereocenters. The fourth-order valence-electron chi connectivity index (χ4n) is 3.19. The largest absolute Gasteiger partial charge is 0.469 e. The van der Waals surface area contributed by atoms with Crippen LogP contribution in [0.15, 0.2) is 29.8 Å². The van der Waals surface area contributed by atoms with Crippen LogP contribution in [0.4, 0.5) is 4.79 Å². The Bertz CT molecular complexity index is 790. The molecule has 0 bridgehead atoms. The Morgan fingerprint density at radius 1 is 1.14 bits per heavy atom. The third-order valence-corrected chi connectivity index (χ3v) is 4.24. The van der Waals surface area contributed by atoms with E-state index in [1.54, 1.807) is 27.7 Å². The summed E-state index contributed by atoms with van der Waals surface area (Å²) in [5.41, 5.74) is 1.98. The molecule has 0 spiro atoms. The van der Waals surface area contributed by atoms with Crippen LogP contribution >= 0.6 is 0 Å². The van der Waals surface area contributed by atoms with Gasteiger partial charge in [-0.3, -0.25) is 4.79 Å². The molecule has 0 fully saturated rings. The molecule has 1 aliphatic rings. The van der Waals surface area contributed by atoms with E-state index < -0.39 is 29.6 Å². The van der Waals surface area contributed by atoms with E-state index in [4.69, 9.17) is 14.2 Å². The third kappa shape index (κ3) is 5.12. The summed E-state index contributed by atoms with van der Waals surface area (Å²) in [5.74, 6) is -1.42. The maximum atomic E-state index is 12.7. The van der Waals surface area contributed by atoms with Crippen molar-refractivity contribution in [3.05, 3.63) is 41.0 Å². The number of fused-ring (bicyclic) bond motifs is 1. The normalized spacial score (nSPS) is 15.7. The summed E-state index contributed by atoms with van der Waals surface area (Å²) in [4.78, 5) is 36.7. The molecule has 1 aliphatic carbocycles. The second kappa shape index (κ2) is 8.91. The molecular weight excluding hydrogens is 362 g/mol. The van der Waals surface area contributed by atoms with Crippen LogP contribution in [-0.4, -0.2) is 43.9 Å². The lowest BCUT2D eigenvalue weighted by Crippen LogP contribution is -2.33. The first-order valence-corrected chi connectivity index (χ1v) is 9.21. The molecule has 7 heteroatoms. The highest BCUT2D eigenvalue weighted by atomic mass is 16.6. The number of benzene rings is 1. The van der Waals surface area contributed by atoms with Gasteiger partial charge in [-0.2, -0.15) is 0 Å². The van der Waals surface area contributed by atoms with E-state index in [-0.39, 0.29) is 19.6 Å². The van der Waals surface area contributed by atoms with Crippen LogP contribution < -0.4 is 5.32 Å². The van der Waals surface area contributed by atoms with E-state index in [1.165, 1.54) is 7.11 Å². The zero-order chi connectivity index (χ0) is 20.9. The first kappa shape index (κ1) is 21.5. The van der Waals surface area contributed by atoms with Gasteiger partial charge in [-0.15, -0.1) is 0 Å². The van der Waals surface area contributed by atoms with E-state index in [1.807, 2.05) is 24.3 Å². The standard InChI is InChI=1S/C21H27NO6/c1-6-27-19(24)18-15(11-17(23)26-5)13-9-7-8-10-14(13)16(18)12-22-20(25)28-21(2,3)4/h7-10,15H,6,11-12H2,1-5H3,(H,22,25). The maximum Gasteiger partial charge on any atom is 0.407 e. The molecule has 1 aromatic carbocycles. The molecule has 0 heterocycles. The molecule has 1 N–H and O–H groups in total. The smallest absolute Gasteiger partial charge is 0.407 e. The minimum atomic E-state index is -0.635. The maximum absolute atomic E-state index is 12.7. The SMILES string of the molecule is CCOC(=O)C1=C(CNC(=O)OC(C)(C)C)c2ccccc2C1CC(=O)OC. The number of carbonyl (C=O) groups is 3. The van der Waals surface area contributed by atoms with Crippen LogP contribution in [-0.2, 0) is 23.8 Å². The number of nitrogens with one attached hydrogen (secondary N) is 1. The van der Waals surface area contributed by atoms with Crippen molar-refractivity contribution >= 4 is 23.6 Å². The highest BCUT2D eigenvalue weighted by Gasteiger charge is 2.37. The van der Waals surface area contributed by atoms with Crippen LogP contribution in [0.3, 0.4) is 0 Å². The topological polar surface area (TPSA) is 90.9 Å². The van der Waals surface area contributed by atoms with E-state index in [9.17, 15) is 14.4 Å². The molecule has 1 amide bonds. The van der Waals surface area contributed by atoms with Crippen LogP contribution in [0.2, 0.25) is 0 Å². The van der Waals surface area contributed by atoms with Crippen molar-refractivity contribution in [1.82, 2.24) is 5.32 Å². The summed E-state index contributed by atoms with van der Waals surface area (Å²) >= 11 is 0. The first-order valence-electron chi connectivity index (χ1n) is 9.21. The number of ether oxygens (including phenoxy) is 3. The fourth-order valence-corrected chi connectivity index (χ4v) is 3.19. The highest BCUT2D eigenvalue weighted by molar-refractivity contribution is 6.04. The predicted octanol–water partition coefficient (Wildman–Crippen LogP) is 3.19. The fraction of sp³-hybridized carbons (Fsp3) is 0.476. The zero-order valence-electron chi connectivity index (χ0n) is 17.0. The van der Waals surface area contributed by atoms with E-state index in [0.717, 1.165) is 11.1 Å². The number of alkyl carbamates (subject to hydrolysis) is 1. The van der Waals surface area contributed by atoms with Gasteiger partial charge in [0.1, 0.15) is 5.60 Å². The minimum absolute atomic E-state index is 0.0115. The van der Waals surface area contributed by atoms with Crippen LogP contribution in [0.1, 0.15) is 51.2 Å². The highest BCUT2D eigenvalue weighted by Crippen LogP contribution is 2.44. The Kier molecular flexibility index (Phi) is 6.83. The molecule has 0 radical (unpaired) electrons. The molecule has 2 rings (SSSR count). The van der Waals surface area contributed by atoms with Gasteiger partial charge in [0.15, 0.2) is 0 Å². The average Bonchev–Trinajstić information content (AvgIpc) is 2.92. The molecule has 7 nitrogen and oxygen atoms in total. The lowest BCUT2D eigenvalue weighted by molar-refractivity contribution is -0.141. The summed E-state index contributed by atoms with van der Waals surface area (Å²) in [6, 6.07) is 7.41. The number of amides is 1. The molecule has 0 aromatic heterocycles.